The molecular formula is C15H22N2O4. The predicted octanol–water partition coefficient (Wildman–Crippen LogP) is 2.93. The van der Waals surface area contributed by atoms with E-state index < -0.39 is 4.92 Å². The molecule has 0 bridgehead atoms. The number of nitro benzene ring substituents is 1. The molecule has 6 heteroatoms. The Hall–Kier alpha value is -2.08. The first-order valence-corrected chi connectivity index (χ1v) is 6.60. The van der Waals surface area contributed by atoms with Gasteiger partial charge in [0.05, 0.1) is 18.1 Å². The molecule has 0 unspecified atom stereocenters. The third-order valence-electron chi connectivity index (χ3n) is 2.66. The molecule has 1 N–H and O–H groups in total. The lowest BCUT2D eigenvalue weighted by Crippen LogP contribution is -2.37. The molecular weight excluding hydrogens is 272 g/mol. The maximum atomic E-state index is 10.9. The Morgan fingerprint density at radius 2 is 2.10 bits per heavy atom. The largest absolute Gasteiger partial charge is 0.490 e. The van der Waals surface area contributed by atoms with Crippen molar-refractivity contribution in [3.63, 3.8) is 0 Å². The number of benzene rings is 1. The Labute approximate surface area is 124 Å². The fourth-order valence-electron chi connectivity index (χ4n) is 1.53. The number of ether oxygens (including phenoxy) is 2. The molecule has 0 radical (unpaired) electrons. The molecule has 0 spiro atoms. The van der Waals surface area contributed by atoms with Gasteiger partial charge in [-0.25, -0.2) is 0 Å². The van der Waals surface area contributed by atoms with Crippen LogP contribution < -0.4 is 14.8 Å². The number of rotatable bonds is 7. The van der Waals surface area contributed by atoms with Gasteiger partial charge in [-0.1, -0.05) is 6.58 Å². The average molecular weight is 294 g/mol. The molecule has 21 heavy (non-hydrogen) atoms. The van der Waals surface area contributed by atoms with Crippen molar-refractivity contribution in [3.05, 3.63) is 40.5 Å². The highest BCUT2D eigenvalue weighted by atomic mass is 16.6. The molecule has 0 fully saturated rings. The first-order valence-electron chi connectivity index (χ1n) is 6.60. The minimum atomic E-state index is -0.498. The van der Waals surface area contributed by atoms with E-state index in [1.54, 1.807) is 6.07 Å². The zero-order chi connectivity index (χ0) is 16.0. The summed E-state index contributed by atoms with van der Waals surface area (Å²) >= 11 is 0. The first kappa shape index (κ1) is 17.0. The zero-order valence-electron chi connectivity index (χ0n) is 12.9. The van der Waals surface area contributed by atoms with Crippen LogP contribution in [0.15, 0.2) is 30.4 Å². The lowest BCUT2D eigenvalue weighted by atomic mass is 10.1. The molecule has 0 saturated carbocycles. The number of nitrogens with zero attached hydrogens (tertiary/aromatic N) is 1. The van der Waals surface area contributed by atoms with E-state index in [4.69, 9.17) is 9.47 Å². The predicted molar refractivity (Wildman–Crippen MR) is 82.0 cm³/mol. The molecule has 6 nitrogen and oxygen atoms in total. The van der Waals surface area contributed by atoms with E-state index >= 15 is 0 Å². The van der Waals surface area contributed by atoms with Gasteiger partial charge >= 0.3 is 5.69 Å². The summed E-state index contributed by atoms with van der Waals surface area (Å²) in [6.07, 6.45) is 0. The Balaban J connectivity index is 2.62. The van der Waals surface area contributed by atoms with Gasteiger partial charge in [0.2, 0.25) is 0 Å². The van der Waals surface area contributed by atoms with Crippen LogP contribution in [0, 0.1) is 10.1 Å². The summed E-state index contributed by atoms with van der Waals surface area (Å²) in [6.45, 7) is 11.0. The van der Waals surface area contributed by atoms with Crippen molar-refractivity contribution in [3.8, 4) is 11.5 Å². The van der Waals surface area contributed by atoms with Crippen molar-refractivity contribution in [2.75, 3.05) is 20.3 Å². The van der Waals surface area contributed by atoms with Gasteiger partial charge < -0.3 is 14.8 Å². The molecule has 0 aliphatic carbocycles. The van der Waals surface area contributed by atoms with Crippen molar-refractivity contribution in [1.82, 2.24) is 5.32 Å². The van der Waals surface area contributed by atoms with Crippen molar-refractivity contribution in [1.29, 1.82) is 0 Å². The van der Waals surface area contributed by atoms with Crippen LogP contribution in [0.3, 0.4) is 0 Å². The molecule has 0 aromatic heterocycles. The number of methoxy groups -OCH3 is 1. The third-order valence-corrected chi connectivity index (χ3v) is 2.66. The number of hydrogen-bond donors (Lipinski definition) is 1. The van der Waals surface area contributed by atoms with E-state index in [2.05, 4.69) is 32.7 Å². The van der Waals surface area contributed by atoms with Crippen LogP contribution in [0.2, 0.25) is 0 Å². The molecule has 0 aliphatic heterocycles. The van der Waals surface area contributed by atoms with E-state index in [1.807, 2.05) is 0 Å². The Morgan fingerprint density at radius 1 is 1.43 bits per heavy atom. The molecule has 116 valence electrons. The molecule has 1 aromatic rings. The molecule has 0 amide bonds. The number of nitrogens with one attached hydrogen (secondary N) is 1. The second-order valence-electron chi connectivity index (χ2n) is 5.73. The second kappa shape index (κ2) is 7.08. The standard InChI is InChI=1S/C15H22N2O4/c1-11(9-16-15(2,3)4)10-21-12-6-7-14(20-5)13(8-12)17(18)19/h6-8,16H,1,9-10H2,2-5H3. The molecule has 0 saturated heterocycles. The van der Waals surface area contributed by atoms with Gasteiger partial charge in [-0.3, -0.25) is 10.1 Å². The maximum absolute atomic E-state index is 10.9. The van der Waals surface area contributed by atoms with Crippen LogP contribution in [-0.2, 0) is 0 Å². The Morgan fingerprint density at radius 3 is 2.62 bits per heavy atom. The highest BCUT2D eigenvalue weighted by molar-refractivity contribution is 5.50. The van der Waals surface area contributed by atoms with E-state index in [0.29, 0.717) is 18.9 Å². The minimum absolute atomic E-state index is 0.00182. The van der Waals surface area contributed by atoms with Gasteiger partial charge in [-0.15, -0.1) is 0 Å². The van der Waals surface area contributed by atoms with E-state index in [9.17, 15) is 10.1 Å². The summed E-state index contributed by atoms with van der Waals surface area (Å²) in [5.41, 5.74) is 0.749. The quantitative estimate of drug-likeness (QED) is 0.475. The summed E-state index contributed by atoms with van der Waals surface area (Å²) < 4.78 is 10.5. The SMILES string of the molecule is C=C(CNC(C)(C)C)COc1ccc(OC)c([N+](=O)[O-])c1. The number of hydrogen-bond acceptors (Lipinski definition) is 5. The van der Waals surface area contributed by atoms with Crippen LogP contribution in [0.25, 0.3) is 0 Å². The van der Waals surface area contributed by atoms with Crippen molar-refractivity contribution >= 4 is 5.69 Å². The van der Waals surface area contributed by atoms with Crippen molar-refractivity contribution < 1.29 is 14.4 Å². The van der Waals surface area contributed by atoms with Gasteiger partial charge in [0.15, 0.2) is 5.75 Å². The Bertz CT molecular complexity index is 521. The normalized spacial score (nSPS) is 11.0. The van der Waals surface area contributed by atoms with Gasteiger partial charge in [0.25, 0.3) is 0 Å². The zero-order valence-corrected chi connectivity index (χ0v) is 12.9. The van der Waals surface area contributed by atoms with Gasteiger partial charge in [0, 0.05) is 12.1 Å². The molecule has 0 atom stereocenters. The van der Waals surface area contributed by atoms with Crippen LogP contribution in [-0.4, -0.2) is 30.7 Å². The first-order chi connectivity index (χ1) is 9.73. The fourth-order valence-corrected chi connectivity index (χ4v) is 1.53. The molecule has 1 aromatic carbocycles. The van der Waals surface area contributed by atoms with E-state index in [-0.39, 0.29) is 17.0 Å². The molecule has 0 heterocycles. The summed E-state index contributed by atoms with van der Waals surface area (Å²) in [4.78, 5) is 10.4. The highest BCUT2D eigenvalue weighted by Gasteiger charge is 2.16. The highest BCUT2D eigenvalue weighted by Crippen LogP contribution is 2.30. The van der Waals surface area contributed by atoms with E-state index in [1.165, 1.54) is 19.2 Å². The average Bonchev–Trinajstić information content (AvgIpc) is 2.41. The van der Waals surface area contributed by atoms with Crippen LogP contribution >= 0.6 is 0 Å². The van der Waals surface area contributed by atoms with Gasteiger partial charge in [0.1, 0.15) is 12.4 Å². The van der Waals surface area contributed by atoms with Crippen molar-refractivity contribution in [2.45, 2.75) is 26.3 Å². The second-order valence-corrected chi connectivity index (χ2v) is 5.73. The summed E-state index contributed by atoms with van der Waals surface area (Å²) in [5, 5.41) is 14.2. The molecule has 1 rings (SSSR count). The topological polar surface area (TPSA) is 73.6 Å². The third kappa shape index (κ3) is 5.83. The van der Waals surface area contributed by atoms with Crippen LogP contribution in [0.5, 0.6) is 11.5 Å². The summed E-state index contributed by atoms with van der Waals surface area (Å²) in [7, 11) is 1.39. The summed E-state index contributed by atoms with van der Waals surface area (Å²) in [5.74, 6) is 0.625. The number of nitro groups is 1. The monoisotopic (exact) mass is 294 g/mol. The van der Waals surface area contributed by atoms with Crippen LogP contribution in [0.4, 0.5) is 5.69 Å². The fraction of sp³-hybridized carbons (Fsp3) is 0.467. The van der Waals surface area contributed by atoms with Gasteiger partial charge in [-0.05, 0) is 38.5 Å². The lowest BCUT2D eigenvalue weighted by molar-refractivity contribution is -0.385. The minimum Gasteiger partial charge on any atom is -0.490 e. The van der Waals surface area contributed by atoms with Crippen molar-refractivity contribution in [2.24, 2.45) is 0 Å². The van der Waals surface area contributed by atoms with Gasteiger partial charge in [-0.2, -0.15) is 0 Å². The smallest absolute Gasteiger partial charge is 0.314 e. The molecule has 0 aliphatic rings. The summed E-state index contributed by atoms with van der Waals surface area (Å²) in [6, 6.07) is 4.50. The lowest BCUT2D eigenvalue weighted by Gasteiger charge is -2.21. The van der Waals surface area contributed by atoms with E-state index in [0.717, 1.165) is 5.57 Å². The van der Waals surface area contributed by atoms with Crippen LogP contribution in [0.1, 0.15) is 20.8 Å². The Kier molecular flexibility index (Phi) is 5.72. The maximum Gasteiger partial charge on any atom is 0.314 e.